The monoisotopic (exact) mass is 313 g/mol. The van der Waals surface area contributed by atoms with Crippen molar-refractivity contribution in [3.05, 3.63) is 29.6 Å². The van der Waals surface area contributed by atoms with Gasteiger partial charge in [-0.15, -0.1) is 0 Å². The number of nitrogens with one attached hydrogen (secondary N) is 1. The Labute approximate surface area is 126 Å². The van der Waals surface area contributed by atoms with Crippen molar-refractivity contribution in [3.63, 3.8) is 0 Å². The molecule has 3 rings (SSSR count). The first-order valence-electron chi connectivity index (χ1n) is 7.25. The number of aromatic amines is 1. The lowest BCUT2D eigenvalue weighted by atomic mass is 10.1. The predicted molar refractivity (Wildman–Crippen MR) is 76.4 cm³/mol. The van der Waals surface area contributed by atoms with Crippen LogP contribution in [0, 0.1) is 0 Å². The van der Waals surface area contributed by atoms with Crippen LogP contribution in [0.3, 0.4) is 0 Å². The first kappa shape index (κ1) is 15.3. The van der Waals surface area contributed by atoms with Gasteiger partial charge >= 0.3 is 6.18 Å². The first-order chi connectivity index (χ1) is 10.3. The van der Waals surface area contributed by atoms with E-state index in [1.54, 1.807) is 12.1 Å². The molecule has 0 aliphatic carbocycles. The Balaban J connectivity index is 1.98. The number of morpholine rings is 1. The molecule has 0 aromatic carbocycles. The quantitative estimate of drug-likeness (QED) is 0.926. The zero-order chi connectivity index (χ0) is 15.9. The third-order valence-electron chi connectivity index (χ3n) is 3.84. The molecule has 1 aliphatic rings. The maximum Gasteiger partial charge on any atom is 0.431 e. The fourth-order valence-corrected chi connectivity index (χ4v) is 3.12. The van der Waals surface area contributed by atoms with Gasteiger partial charge in [0, 0.05) is 36.8 Å². The van der Waals surface area contributed by atoms with Crippen LogP contribution in [-0.4, -0.2) is 40.2 Å². The molecule has 0 radical (unpaired) electrons. The summed E-state index contributed by atoms with van der Waals surface area (Å²) >= 11 is 0. The van der Waals surface area contributed by atoms with E-state index in [0.29, 0.717) is 18.5 Å². The van der Waals surface area contributed by atoms with Crippen LogP contribution in [0.1, 0.15) is 25.1 Å². The molecule has 0 saturated carbocycles. The number of halogens is 3. The van der Waals surface area contributed by atoms with Gasteiger partial charge in [-0.2, -0.15) is 13.2 Å². The maximum absolute atomic E-state index is 13.3. The van der Waals surface area contributed by atoms with Crippen molar-refractivity contribution in [2.24, 2.45) is 0 Å². The minimum absolute atomic E-state index is 0.0152. The average molecular weight is 313 g/mol. The molecule has 2 aromatic rings. The minimum atomic E-state index is -4.42. The molecule has 120 valence electrons. The maximum atomic E-state index is 13.3. The fourth-order valence-electron chi connectivity index (χ4n) is 3.12. The smallest absolute Gasteiger partial charge is 0.373 e. The summed E-state index contributed by atoms with van der Waals surface area (Å²) in [4.78, 5) is 8.43. The number of rotatable bonds is 2. The van der Waals surface area contributed by atoms with E-state index in [4.69, 9.17) is 4.74 Å². The standard InChI is InChI=1S/C15H18F3N3O/c1-9-6-21(7-10(2)22-9)8-12-11-4-3-5-19-14(11)20-13(12)15(16,17)18/h3-5,9-10H,6-8H2,1-2H3,(H,19,20)/t9-,10-/m1/s1. The second-order valence-corrected chi connectivity index (χ2v) is 5.83. The predicted octanol–water partition coefficient (Wildman–Crippen LogP) is 3.19. The summed E-state index contributed by atoms with van der Waals surface area (Å²) in [5, 5.41) is 0.529. The van der Waals surface area contributed by atoms with Crippen LogP contribution in [0.5, 0.6) is 0 Å². The average Bonchev–Trinajstić information content (AvgIpc) is 2.77. The van der Waals surface area contributed by atoms with Crippen molar-refractivity contribution in [2.75, 3.05) is 13.1 Å². The van der Waals surface area contributed by atoms with Crippen LogP contribution in [0.25, 0.3) is 11.0 Å². The summed E-state index contributed by atoms with van der Waals surface area (Å²) in [6.45, 7) is 5.34. The number of aromatic nitrogens is 2. The van der Waals surface area contributed by atoms with Gasteiger partial charge in [0.25, 0.3) is 0 Å². The SMILES string of the molecule is C[C@@H]1CN(Cc2c(C(F)(F)F)[nH]c3ncccc23)C[C@@H](C)O1. The number of hydrogen-bond acceptors (Lipinski definition) is 3. The van der Waals surface area contributed by atoms with Crippen molar-refractivity contribution in [3.8, 4) is 0 Å². The van der Waals surface area contributed by atoms with Gasteiger partial charge in [0.15, 0.2) is 0 Å². The Morgan fingerprint density at radius 2 is 2.00 bits per heavy atom. The zero-order valence-corrected chi connectivity index (χ0v) is 12.4. The lowest BCUT2D eigenvalue weighted by molar-refractivity contribution is -0.141. The molecule has 22 heavy (non-hydrogen) atoms. The third kappa shape index (κ3) is 2.96. The van der Waals surface area contributed by atoms with Crippen molar-refractivity contribution in [1.29, 1.82) is 0 Å². The Hall–Kier alpha value is -1.60. The molecule has 7 heteroatoms. The summed E-state index contributed by atoms with van der Waals surface area (Å²) in [6.07, 6.45) is -2.90. The van der Waals surface area contributed by atoms with Crippen LogP contribution in [-0.2, 0) is 17.5 Å². The van der Waals surface area contributed by atoms with Gasteiger partial charge in [-0.3, -0.25) is 4.90 Å². The molecule has 1 saturated heterocycles. The number of fused-ring (bicyclic) bond motifs is 1. The zero-order valence-electron chi connectivity index (χ0n) is 12.4. The Morgan fingerprint density at radius 1 is 1.32 bits per heavy atom. The Kier molecular flexibility index (Phi) is 3.86. The largest absolute Gasteiger partial charge is 0.431 e. The van der Waals surface area contributed by atoms with E-state index in [1.165, 1.54) is 6.20 Å². The molecular weight excluding hydrogens is 295 g/mol. The summed E-state index contributed by atoms with van der Waals surface area (Å²) in [7, 11) is 0. The van der Waals surface area contributed by atoms with Crippen LogP contribution < -0.4 is 0 Å². The topological polar surface area (TPSA) is 41.2 Å². The summed E-state index contributed by atoms with van der Waals surface area (Å²) in [6, 6.07) is 3.33. The summed E-state index contributed by atoms with van der Waals surface area (Å²) < 4.78 is 45.5. The molecular formula is C15H18F3N3O. The van der Waals surface area contributed by atoms with Crippen molar-refractivity contribution < 1.29 is 17.9 Å². The van der Waals surface area contributed by atoms with Gasteiger partial charge in [-0.05, 0) is 26.0 Å². The first-order valence-corrected chi connectivity index (χ1v) is 7.25. The number of nitrogens with zero attached hydrogens (tertiary/aromatic N) is 2. The molecule has 1 aliphatic heterocycles. The van der Waals surface area contributed by atoms with Crippen LogP contribution in [0.4, 0.5) is 13.2 Å². The van der Waals surface area contributed by atoms with Gasteiger partial charge in [0.2, 0.25) is 0 Å². The van der Waals surface area contributed by atoms with E-state index in [9.17, 15) is 13.2 Å². The summed E-state index contributed by atoms with van der Waals surface area (Å²) in [5.41, 5.74) is -0.163. The number of alkyl halides is 3. The van der Waals surface area contributed by atoms with E-state index in [-0.39, 0.29) is 30.0 Å². The van der Waals surface area contributed by atoms with Gasteiger partial charge in [-0.1, -0.05) is 0 Å². The van der Waals surface area contributed by atoms with Crippen molar-refractivity contribution in [1.82, 2.24) is 14.9 Å². The van der Waals surface area contributed by atoms with Crippen LogP contribution in [0.15, 0.2) is 18.3 Å². The van der Waals surface area contributed by atoms with E-state index < -0.39 is 11.9 Å². The van der Waals surface area contributed by atoms with Crippen molar-refractivity contribution in [2.45, 2.75) is 38.8 Å². The third-order valence-corrected chi connectivity index (χ3v) is 3.84. The number of ether oxygens (including phenoxy) is 1. The highest BCUT2D eigenvalue weighted by molar-refractivity contribution is 5.81. The van der Waals surface area contributed by atoms with Gasteiger partial charge < -0.3 is 9.72 Å². The van der Waals surface area contributed by atoms with E-state index in [2.05, 4.69) is 9.97 Å². The Bertz CT molecular complexity index is 658. The van der Waals surface area contributed by atoms with Crippen molar-refractivity contribution >= 4 is 11.0 Å². The van der Waals surface area contributed by atoms with Crippen LogP contribution >= 0.6 is 0 Å². The van der Waals surface area contributed by atoms with Gasteiger partial charge in [0.05, 0.1) is 12.2 Å². The molecule has 2 aromatic heterocycles. The number of hydrogen-bond donors (Lipinski definition) is 1. The highest BCUT2D eigenvalue weighted by Crippen LogP contribution is 2.35. The van der Waals surface area contributed by atoms with Crippen LogP contribution in [0.2, 0.25) is 0 Å². The number of pyridine rings is 1. The molecule has 0 bridgehead atoms. The number of H-pyrrole nitrogens is 1. The van der Waals surface area contributed by atoms with E-state index in [0.717, 1.165) is 0 Å². The molecule has 3 heterocycles. The molecule has 1 N–H and O–H groups in total. The van der Waals surface area contributed by atoms with Gasteiger partial charge in [-0.25, -0.2) is 4.98 Å². The minimum Gasteiger partial charge on any atom is -0.373 e. The highest BCUT2D eigenvalue weighted by Gasteiger charge is 2.37. The normalized spacial score (nSPS) is 24.0. The summed E-state index contributed by atoms with van der Waals surface area (Å²) in [5.74, 6) is 0. The molecule has 2 atom stereocenters. The molecule has 1 fully saturated rings. The lowest BCUT2D eigenvalue weighted by Crippen LogP contribution is -2.45. The lowest BCUT2D eigenvalue weighted by Gasteiger charge is -2.35. The second kappa shape index (κ2) is 5.55. The molecule has 0 unspecified atom stereocenters. The molecule has 0 spiro atoms. The van der Waals surface area contributed by atoms with Gasteiger partial charge in [0.1, 0.15) is 11.3 Å². The fraction of sp³-hybridized carbons (Fsp3) is 0.533. The molecule has 4 nitrogen and oxygen atoms in total. The Morgan fingerprint density at radius 3 is 2.64 bits per heavy atom. The van der Waals surface area contributed by atoms with E-state index in [1.807, 2.05) is 18.7 Å². The molecule has 0 amide bonds. The van der Waals surface area contributed by atoms with E-state index >= 15 is 0 Å². The second-order valence-electron chi connectivity index (χ2n) is 5.83. The highest BCUT2D eigenvalue weighted by atomic mass is 19.4.